The van der Waals surface area contributed by atoms with E-state index in [1.807, 2.05) is 6.07 Å². The molecule has 3 rings (SSSR count). The van der Waals surface area contributed by atoms with Crippen molar-refractivity contribution in [1.29, 1.82) is 0 Å². The fraction of sp³-hybridized carbons (Fsp3) is 0.438. The monoisotopic (exact) mass is 321 g/mol. The third-order valence-electron chi connectivity index (χ3n) is 4.10. The van der Waals surface area contributed by atoms with Crippen molar-refractivity contribution in [2.75, 3.05) is 0 Å². The van der Waals surface area contributed by atoms with Crippen molar-refractivity contribution in [3.8, 4) is 5.75 Å². The third kappa shape index (κ3) is 3.87. The number of hydrogen-bond donors (Lipinski definition) is 4. The van der Waals surface area contributed by atoms with E-state index >= 15 is 0 Å². The van der Waals surface area contributed by atoms with Crippen molar-refractivity contribution in [1.82, 2.24) is 15.5 Å². The van der Waals surface area contributed by atoms with Gasteiger partial charge in [0.05, 0.1) is 6.10 Å². The zero-order chi connectivity index (χ0) is 16.2. The fourth-order valence-electron chi connectivity index (χ4n) is 2.83. The Hall–Kier alpha value is -1.96. The number of aromatic nitrogens is 2. The molecule has 1 heterocycles. The Labute approximate surface area is 133 Å². The van der Waals surface area contributed by atoms with Gasteiger partial charge >= 0.3 is 0 Å². The highest BCUT2D eigenvalue weighted by Gasteiger charge is 2.38. The SMILES string of the molecule is O[C@H]1[C@H](O)[C@H](Oc2cccc(F)c2)CC[C@H]1NCc1ccn[nH]1. The van der Waals surface area contributed by atoms with Crippen LogP contribution >= 0.6 is 0 Å². The van der Waals surface area contributed by atoms with Crippen molar-refractivity contribution >= 4 is 0 Å². The number of benzene rings is 1. The van der Waals surface area contributed by atoms with E-state index < -0.39 is 24.1 Å². The van der Waals surface area contributed by atoms with Gasteiger partial charge < -0.3 is 20.3 Å². The highest BCUT2D eigenvalue weighted by atomic mass is 19.1. The van der Waals surface area contributed by atoms with Crippen LogP contribution in [0.5, 0.6) is 5.75 Å². The summed E-state index contributed by atoms with van der Waals surface area (Å²) < 4.78 is 18.8. The van der Waals surface area contributed by atoms with Crippen molar-refractivity contribution in [2.24, 2.45) is 0 Å². The lowest BCUT2D eigenvalue weighted by atomic mass is 9.87. The van der Waals surface area contributed by atoms with Crippen molar-refractivity contribution in [3.63, 3.8) is 0 Å². The van der Waals surface area contributed by atoms with Gasteiger partial charge in [-0.2, -0.15) is 5.10 Å². The van der Waals surface area contributed by atoms with E-state index in [1.54, 1.807) is 18.3 Å². The van der Waals surface area contributed by atoms with Crippen LogP contribution in [-0.4, -0.2) is 44.8 Å². The van der Waals surface area contributed by atoms with Crippen LogP contribution in [0.15, 0.2) is 36.5 Å². The summed E-state index contributed by atoms with van der Waals surface area (Å²) in [5.41, 5.74) is 0.907. The summed E-state index contributed by atoms with van der Waals surface area (Å²) in [4.78, 5) is 0. The molecule has 1 aliphatic rings. The van der Waals surface area contributed by atoms with Crippen LogP contribution in [0.1, 0.15) is 18.5 Å². The van der Waals surface area contributed by atoms with E-state index in [1.165, 1.54) is 12.1 Å². The van der Waals surface area contributed by atoms with Crippen molar-refractivity contribution < 1.29 is 19.3 Å². The highest BCUT2D eigenvalue weighted by Crippen LogP contribution is 2.25. The van der Waals surface area contributed by atoms with Gasteiger partial charge in [-0.3, -0.25) is 5.10 Å². The Balaban J connectivity index is 1.56. The summed E-state index contributed by atoms with van der Waals surface area (Å²) in [5, 5.41) is 30.4. The molecule has 0 spiro atoms. The van der Waals surface area contributed by atoms with Gasteiger partial charge in [0.25, 0.3) is 0 Å². The van der Waals surface area contributed by atoms with E-state index in [4.69, 9.17) is 4.74 Å². The Morgan fingerprint density at radius 2 is 2.13 bits per heavy atom. The van der Waals surface area contributed by atoms with Crippen LogP contribution < -0.4 is 10.1 Å². The zero-order valence-electron chi connectivity index (χ0n) is 12.5. The van der Waals surface area contributed by atoms with Gasteiger partial charge in [-0.25, -0.2) is 4.39 Å². The quantitative estimate of drug-likeness (QED) is 0.659. The summed E-state index contributed by atoms with van der Waals surface area (Å²) in [6.07, 6.45) is 0.321. The minimum atomic E-state index is -1.04. The standard InChI is InChI=1S/C16H20FN3O3/c17-10-2-1-3-12(8-10)23-14-5-4-13(15(21)16(14)22)18-9-11-6-7-19-20-11/h1-3,6-8,13-16,18,21-22H,4-5,9H2,(H,19,20)/t13-,14-,15-,16-/m1/s1. The first-order valence-corrected chi connectivity index (χ1v) is 7.63. The lowest BCUT2D eigenvalue weighted by Crippen LogP contribution is -2.55. The maximum absolute atomic E-state index is 13.2. The molecule has 23 heavy (non-hydrogen) atoms. The van der Waals surface area contributed by atoms with Crippen molar-refractivity contribution in [2.45, 2.75) is 43.7 Å². The van der Waals surface area contributed by atoms with Crippen LogP contribution in [0.2, 0.25) is 0 Å². The smallest absolute Gasteiger partial charge is 0.127 e. The van der Waals surface area contributed by atoms with Gasteiger partial charge in [0.1, 0.15) is 23.8 Å². The average molecular weight is 321 g/mol. The number of rotatable bonds is 5. The van der Waals surface area contributed by atoms with Gasteiger partial charge in [-0.1, -0.05) is 6.07 Å². The molecule has 1 aromatic heterocycles. The maximum atomic E-state index is 13.2. The Morgan fingerprint density at radius 3 is 2.87 bits per heavy atom. The first-order chi connectivity index (χ1) is 11.1. The fourth-order valence-corrected chi connectivity index (χ4v) is 2.83. The van der Waals surface area contributed by atoms with Crippen LogP contribution in [-0.2, 0) is 6.54 Å². The van der Waals surface area contributed by atoms with E-state index in [0.29, 0.717) is 25.1 Å². The largest absolute Gasteiger partial charge is 0.488 e. The summed E-state index contributed by atoms with van der Waals surface area (Å²) in [7, 11) is 0. The molecular weight excluding hydrogens is 301 g/mol. The first-order valence-electron chi connectivity index (χ1n) is 7.63. The number of aliphatic hydroxyl groups is 2. The molecule has 2 aromatic rings. The molecule has 124 valence electrons. The van der Waals surface area contributed by atoms with Crippen LogP contribution in [0, 0.1) is 5.82 Å². The molecule has 0 radical (unpaired) electrons. The van der Waals surface area contributed by atoms with E-state index in [9.17, 15) is 14.6 Å². The molecular formula is C16H20FN3O3. The minimum absolute atomic E-state index is 0.236. The number of ether oxygens (including phenoxy) is 1. The molecule has 1 aromatic carbocycles. The van der Waals surface area contributed by atoms with E-state index in [0.717, 1.165) is 5.69 Å². The van der Waals surface area contributed by atoms with E-state index in [-0.39, 0.29) is 6.04 Å². The Morgan fingerprint density at radius 1 is 1.26 bits per heavy atom. The zero-order valence-corrected chi connectivity index (χ0v) is 12.5. The first kappa shape index (κ1) is 15.9. The summed E-state index contributed by atoms with van der Waals surface area (Å²) in [6.45, 7) is 0.532. The van der Waals surface area contributed by atoms with Crippen LogP contribution in [0.25, 0.3) is 0 Å². The molecule has 6 nitrogen and oxygen atoms in total. The molecule has 4 atom stereocenters. The molecule has 0 aliphatic heterocycles. The van der Waals surface area contributed by atoms with Gasteiger partial charge in [0.2, 0.25) is 0 Å². The maximum Gasteiger partial charge on any atom is 0.127 e. The van der Waals surface area contributed by atoms with Crippen molar-refractivity contribution in [3.05, 3.63) is 48.0 Å². The molecule has 0 unspecified atom stereocenters. The number of halogens is 1. The number of aromatic amines is 1. The predicted molar refractivity (Wildman–Crippen MR) is 81.3 cm³/mol. The molecule has 1 fully saturated rings. The molecule has 0 saturated heterocycles. The number of H-pyrrole nitrogens is 1. The lowest BCUT2D eigenvalue weighted by molar-refractivity contribution is -0.0893. The third-order valence-corrected chi connectivity index (χ3v) is 4.10. The molecule has 1 aliphatic carbocycles. The number of nitrogens with one attached hydrogen (secondary N) is 2. The number of nitrogens with zero attached hydrogens (tertiary/aromatic N) is 1. The van der Waals surface area contributed by atoms with Crippen LogP contribution in [0.4, 0.5) is 4.39 Å². The lowest BCUT2D eigenvalue weighted by Gasteiger charge is -2.37. The van der Waals surface area contributed by atoms with Gasteiger partial charge in [0, 0.05) is 30.5 Å². The Bertz CT molecular complexity index is 623. The average Bonchev–Trinajstić information content (AvgIpc) is 3.05. The minimum Gasteiger partial charge on any atom is -0.488 e. The number of hydrogen-bond acceptors (Lipinski definition) is 5. The molecule has 0 bridgehead atoms. The second kappa shape index (κ2) is 7.08. The van der Waals surface area contributed by atoms with E-state index in [2.05, 4.69) is 15.5 Å². The normalized spacial score (nSPS) is 27.8. The molecule has 4 N–H and O–H groups in total. The topological polar surface area (TPSA) is 90.4 Å². The summed E-state index contributed by atoms with van der Waals surface area (Å²) >= 11 is 0. The number of aliphatic hydroxyl groups excluding tert-OH is 2. The molecule has 0 amide bonds. The van der Waals surface area contributed by atoms with Gasteiger partial charge in [-0.05, 0) is 31.0 Å². The second-order valence-electron chi connectivity index (χ2n) is 5.74. The second-order valence-corrected chi connectivity index (χ2v) is 5.74. The Kier molecular flexibility index (Phi) is 4.90. The predicted octanol–water partition coefficient (Wildman–Crippen LogP) is 0.970. The highest BCUT2D eigenvalue weighted by molar-refractivity contribution is 5.23. The summed E-state index contributed by atoms with van der Waals surface area (Å²) in [5.74, 6) is -0.0439. The molecule has 7 heteroatoms. The molecule has 1 saturated carbocycles. The van der Waals surface area contributed by atoms with Gasteiger partial charge in [-0.15, -0.1) is 0 Å². The van der Waals surface area contributed by atoms with Crippen LogP contribution in [0.3, 0.4) is 0 Å². The summed E-state index contributed by atoms with van der Waals surface area (Å²) in [6, 6.07) is 7.38. The van der Waals surface area contributed by atoms with Gasteiger partial charge in [0.15, 0.2) is 0 Å².